The van der Waals surface area contributed by atoms with Gasteiger partial charge in [0.25, 0.3) is 5.91 Å². The minimum absolute atomic E-state index is 0.0997. The molecule has 110 valence electrons. The van der Waals surface area contributed by atoms with Gasteiger partial charge in [0, 0.05) is 18.5 Å². The molecular formula is C18H21NO2. The minimum atomic E-state index is -0.436. The molecule has 1 amide bonds. The molecule has 1 heterocycles. The molecule has 0 spiro atoms. The van der Waals surface area contributed by atoms with E-state index in [-0.39, 0.29) is 5.91 Å². The highest BCUT2D eigenvalue weighted by molar-refractivity contribution is 5.89. The standard InChI is InChI=1S/C18H21NO2/c1-14(18(20)19-12-5-2-6-13-19)21-17-11-7-9-15-8-3-4-10-16(15)17/h3-4,7-11,14H,2,5-6,12-13H2,1H3/t14-/m0/s1. The van der Waals surface area contributed by atoms with Crippen LogP contribution in [0.1, 0.15) is 26.2 Å². The molecule has 1 fully saturated rings. The maximum atomic E-state index is 12.4. The number of hydrogen-bond donors (Lipinski definition) is 0. The van der Waals surface area contributed by atoms with Crippen LogP contribution in [0.15, 0.2) is 42.5 Å². The molecule has 1 saturated heterocycles. The largest absolute Gasteiger partial charge is 0.480 e. The second-order valence-corrected chi connectivity index (χ2v) is 5.62. The Labute approximate surface area is 125 Å². The zero-order valence-corrected chi connectivity index (χ0v) is 12.4. The number of ether oxygens (including phenoxy) is 1. The van der Waals surface area contributed by atoms with Gasteiger partial charge in [-0.2, -0.15) is 0 Å². The first kappa shape index (κ1) is 13.9. The number of amides is 1. The van der Waals surface area contributed by atoms with E-state index in [0.29, 0.717) is 0 Å². The van der Waals surface area contributed by atoms with E-state index < -0.39 is 6.10 Å². The number of likely N-dealkylation sites (tertiary alicyclic amines) is 1. The topological polar surface area (TPSA) is 29.5 Å². The first-order valence-corrected chi connectivity index (χ1v) is 7.69. The van der Waals surface area contributed by atoms with Crippen molar-refractivity contribution in [1.29, 1.82) is 0 Å². The molecule has 1 atom stereocenters. The van der Waals surface area contributed by atoms with Gasteiger partial charge in [-0.25, -0.2) is 0 Å². The van der Waals surface area contributed by atoms with Crippen LogP contribution in [-0.2, 0) is 4.79 Å². The highest BCUT2D eigenvalue weighted by Crippen LogP contribution is 2.26. The van der Waals surface area contributed by atoms with Crippen molar-refractivity contribution in [2.75, 3.05) is 13.1 Å². The Kier molecular flexibility index (Phi) is 4.09. The van der Waals surface area contributed by atoms with E-state index in [1.807, 2.05) is 42.2 Å². The fourth-order valence-electron chi connectivity index (χ4n) is 2.91. The lowest BCUT2D eigenvalue weighted by Gasteiger charge is -2.29. The lowest BCUT2D eigenvalue weighted by atomic mass is 10.1. The summed E-state index contributed by atoms with van der Waals surface area (Å²) in [6, 6.07) is 14.0. The van der Waals surface area contributed by atoms with E-state index in [0.717, 1.165) is 42.5 Å². The van der Waals surface area contributed by atoms with Crippen LogP contribution in [0.3, 0.4) is 0 Å². The molecule has 2 aromatic rings. The fourth-order valence-corrected chi connectivity index (χ4v) is 2.91. The van der Waals surface area contributed by atoms with Crippen molar-refractivity contribution in [3.63, 3.8) is 0 Å². The molecule has 0 unspecified atom stereocenters. The van der Waals surface area contributed by atoms with Crippen molar-refractivity contribution < 1.29 is 9.53 Å². The first-order valence-electron chi connectivity index (χ1n) is 7.69. The molecule has 0 aliphatic carbocycles. The molecular weight excluding hydrogens is 262 g/mol. The Morgan fingerprint density at radius 3 is 2.57 bits per heavy atom. The average molecular weight is 283 g/mol. The predicted octanol–water partition coefficient (Wildman–Crippen LogP) is 3.62. The van der Waals surface area contributed by atoms with Gasteiger partial charge in [0.1, 0.15) is 5.75 Å². The Morgan fingerprint density at radius 1 is 1.05 bits per heavy atom. The van der Waals surface area contributed by atoms with Crippen LogP contribution in [0.2, 0.25) is 0 Å². The van der Waals surface area contributed by atoms with Crippen LogP contribution in [0.25, 0.3) is 10.8 Å². The van der Waals surface area contributed by atoms with Crippen LogP contribution in [0, 0.1) is 0 Å². The summed E-state index contributed by atoms with van der Waals surface area (Å²) < 4.78 is 5.95. The Morgan fingerprint density at radius 2 is 1.76 bits per heavy atom. The first-order chi connectivity index (χ1) is 10.3. The van der Waals surface area contributed by atoms with Crippen LogP contribution >= 0.6 is 0 Å². The van der Waals surface area contributed by atoms with Gasteiger partial charge < -0.3 is 9.64 Å². The van der Waals surface area contributed by atoms with Gasteiger partial charge in [-0.3, -0.25) is 4.79 Å². The predicted molar refractivity (Wildman–Crippen MR) is 84.5 cm³/mol. The van der Waals surface area contributed by atoms with Crippen LogP contribution < -0.4 is 4.74 Å². The van der Waals surface area contributed by atoms with Crippen LogP contribution in [0.4, 0.5) is 0 Å². The lowest BCUT2D eigenvalue weighted by Crippen LogP contribution is -2.43. The molecule has 21 heavy (non-hydrogen) atoms. The van der Waals surface area contributed by atoms with Gasteiger partial charge in [-0.05, 0) is 37.6 Å². The zero-order chi connectivity index (χ0) is 14.7. The minimum Gasteiger partial charge on any atom is -0.480 e. The van der Waals surface area contributed by atoms with E-state index in [1.54, 1.807) is 0 Å². The number of benzene rings is 2. The second-order valence-electron chi connectivity index (χ2n) is 5.62. The molecule has 2 aromatic carbocycles. The summed E-state index contributed by atoms with van der Waals surface area (Å²) >= 11 is 0. The van der Waals surface area contributed by atoms with Crippen molar-refractivity contribution in [2.24, 2.45) is 0 Å². The highest BCUT2D eigenvalue weighted by atomic mass is 16.5. The third-order valence-corrected chi connectivity index (χ3v) is 4.07. The maximum Gasteiger partial charge on any atom is 0.263 e. The van der Waals surface area contributed by atoms with Gasteiger partial charge >= 0.3 is 0 Å². The van der Waals surface area contributed by atoms with Crippen LogP contribution in [0.5, 0.6) is 5.75 Å². The van der Waals surface area contributed by atoms with Gasteiger partial charge in [-0.15, -0.1) is 0 Å². The normalized spacial score (nSPS) is 16.7. The summed E-state index contributed by atoms with van der Waals surface area (Å²) in [6.07, 6.45) is 3.00. The van der Waals surface area contributed by atoms with E-state index in [4.69, 9.17) is 4.74 Å². The Bertz CT molecular complexity index is 627. The molecule has 0 saturated carbocycles. The molecule has 3 rings (SSSR count). The van der Waals surface area contributed by atoms with Crippen molar-refractivity contribution in [1.82, 2.24) is 4.90 Å². The molecule has 0 aromatic heterocycles. The van der Waals surface area contributed by atoms with E-state index >= 15 is 0 Å². The monoisotopic (exact) mass is 283 g/mol. The lowest BCUT2D eigenvalue weighted by molar-refractivity contribution is -0.138. The molecule has 0 radical (unpaired) electrons. The van der Waals surface area contributed by atoms with Crippen molar-refractivity contribution >= 4 is 16.7 Å². The molecule has 3 nitrogen and oxygen atoms in total. The SMILES string of the molecule is C[C@H](Oc1cccc2ccccc12)C(=O)N1CCCCC1. The zero-order valence-electron chi connectivity index (χ0n) is 12.4. The molecule has 1 aliphatic rings. The Hall–Kier alpha value is -2.03. The van der Waals surface area contributed by atoms with Gasteiger partial charge in [0.15, 0.2) is 6.10 Å². The number of carbonyl (C=O) groups excluding carboxylic acids is 1. The fraction of sp³-hybridized carbons (Fsp3) is 0.389. The summed E-state index contributed by atoms with van der Waals surface area (Å²) in [4.78, 5) is 14.4. The van der Waals surface area contributed by atoms with Gasteiger partial charge in [0.2, 0.25) is 0 Å². The summed E-state index contributed by atoms with van der Waals surface area (Å²) in [6.45, 7) is 3.57. The molecule has 1 aliphatic heterocycles. The maximum absolute atomic E-state index is 12.4. The number of nitrogens with zero attached hydrogens (tertiary/aromatic N) is 1. The number of rotatable bonds is 3. The number of piperidine rings is 1. The highest BCUT2D eigenvalue weighted by Gasteiger charge is 2.23. The number of carbonyl (C=O) groups is 1. The van der Waals surface area contributed by atoms with E-state index in [1.165, 1.54) is 6.42 Å². The molecule has 0 bridgehead atoms. The Balaban J connectivity index is 1.76. The van der Waals surface area contributed by atoms with Gasteiger partial charge in [-0.1, -0.05) is 36.4 Å². The average Bonchev–Trinajstić information content (AvgIpc) is 2.55. The van der Waals surface area contributed by atoms with E-state index in [9.17, 15) is 4.79 Å². The van der Waals surface area contributed by atoms with Crippen molar-refractivity contribution in [2.45, 2.75) is 32.3 Å². The van der Waals surface area contributed by atoms with Crippen molar-refractivity contribution in [3.8, 4) is 5.75 Å². The third kappa shape index (κ3) is 3.02. The number of hydrogen-bond acceptors (Lipinski definition) is 2. The van der Waals surface area contributed by atoms with Crippen LogP contribution in [-0.4, -0.2) is 30.0 Å². The molecule has 0 N–H and O–H groups in total. The third-order valence-electron chi connectivity index (χ3n) is 4.07. The summed E-state index contributed by atoms with van der Waals surface area (Å²) in [5, 5.41) is 2.19. The number of fused-ring (bicyclic) bond motifs is 1. The van der Waals surface area contributed by atoms with Gasteiger partial charge in [0.05, 0.1) is 0 Å². The summed E-state index contributed by atoms with van der Waals surface area (Å²) in [5.41, 5.74) is 0. The quantitative estimate of drug-likeness (QED) is 0.861. The van der Waals surface area contributed by atoms with E-state index in [2.05, 4.69) is 12.1 Å². The smallest absolute Gasteiger partial charge is 0.263 e. The molecule has 3 heteroatoms. The summed E-state index contributed by atoms with van der Waals surface area (Å²) in [5.74, 6) is 0.883. The summed E-state index contributed by atoms with van der Waals surface area (Å²) in [7, 11) is 0. The second kappa shape index (κ2) is 6.17. The van der Waals surface area contributed by atoms with Crippen molar-refractivity contribution in [3.05, 3.63) is 42.5 Å².